The highest BCUT2D eigenvalue weighted by molar-refractivity contribution is 7.47. The van der Waals surface area contributed by atoms with Crippen molar-refractivity contribution in [1.82, 2.24) is 0 Å². The minimum Gasteiger partial charge on any atom is -0.462 e. The third-order valence-corrected chi connectivity index (χ3v) is 22.7. The molecule has 0 spiro atoms. The quantitative estimate of drug-likeness (QED) is 0.0222. The van der Waals surface area contributed by atoms with Gasteiger partial charge in [-0.3, -0.25) is 37.3 Å². The van der Waals surface area contributed by atoms with Crippen LogP contribution in [0.4, 0.5) is 0 Å². The lowest BCUT2D eigenvalue weighted by Crippen LogP contribution is -2.30. The van der Waals surface area contributed by atoms with Crippen molar-refractivity contribution in [2.45, 2.75) is 496 Å². The van der Waals surface area contributed by atoms with Gasteiger partial charge >= 0.3 is 39.5 Å². The number of carbonyl (C=O) groups is 4. The number of esters is 4. The number of unbranched alkanes of at least 4 members (excludes halogenated alkanes) is 60. The lowest BCUT2D eigenvalue weighted by molar-refractivity contribution is -0.161. The van der Waals surface area contributed by atoms with Crippen LogP contribution in [0.1, 0.15) is 478 Å². The third kappa shape index (κ3) is 81.9. The molecular weight excluding hydrogens is 1390 g/mol. The van der Waals surface area contributed by atoms with E-state index in [2.05, 4.69) is 34.6 Å². The molecule has 19 heteroatoms. The molecular formula is C88H172O17P2. The minimum atomic E-state index is -4.97. The van der Waals surface area contributed by atoms with Crippen molar-refractivity contribution >= 4 is 39.5 Å². The number of aliphatic hydroxyl groups is 1. The second kappa shape index (κ2) is 80.7. The summed E-state index contributed by atoms with van der Waals surface area (Å²) in [6.45, 7) is 7.41. The second-order valence-electron chi connectivity index (χ2n) is 32.1. The Hall–Kier alpha value is -1.94. The molecule has 0 rings (SSSR count). The molecule has 0 heterocycles. The highest BCUT2D eigenvalue weighted by Crippen LogP contribution is 2.45. The molecule has 2 unspecified atom stereocenters. The van der Waals surface area contributed by atoms with Gasteiger partial charge in [0, 0.05) is 25.7 Å². The summed E-state index contributed by atoms with van der Waals surface area (Å²) in [5, 5.41) is 10.7. The van der Waals surface area contributed by atoms with E-state index in [0.717, 1.165) is 95.8 Å². The van der Waals surface area contributed by atoms with Crippen molar-refractivity contribution in [3.05, 3.63) is 0 Å². The average Bonchev–Trinajstić information content (AvgIpc) is 0.936. The third-order valence-electron chi connectivity index (χ3n) is 20.8. The molecule has 5 atom stereocenters. The highest BCUT2D eigenvalue weighted by atomic mass is 31.2. The molecule has 0 saturated heterocycles. The molecule has 107 heavy (non-hydrogen) atoms. The van der Waals surface area contributed by atoms with E-state index in [1.54, 1.807) is 0 Å². The second-order valence-corrected chi connectivity index (χ2v) is 35.0. The standard InChI is InChI=1S/C88H172O17P2/c1-6-9-12-15-18-21-24-26-28-30-31-36-39-43-47-52-57-62-67-72-86(91)99-78-84(105-88(93)74-69-64-59-54-49-45-41-37-33-32-35-38-42-46-50-55-60-65-70-81(4)5)80-103-107(96,97)101-76-82(89)75-100-106(94,95)102-79-83(77-98-85(90)71-66-61-56-51-23-20-17-14-11-8-3)104-87(92)73-68-63-58-53-48-44-40-34-29-27-25-22-19-16-13-10-7-2/h81-84,89H,6-80H2,1-5H3,(H,94,95)(H,96,97)/t82-,83+,84+/m0/s1. The van der Waals surface area contributed by atoms with Gasteiger partial charge in [-0.25, -0.2) is 9.13 Å². The number of hydrogen-bond acceptors (Lipinski definition) is 15. The normalized spacial score (nSPS) is 13.7. The van der Waals surface area contributed by atoms with E-state index in [9.17, 15) is 43.2 Å². The summed E-state index contributed by atoms with van der Waals surface area (Å²) in [4.78, 5) is 73.3. The van der Waals surface area contributed by atoms with Crippen LogP contribution in [0, 0.1) is 5.92 Å². The zero-order valence-electron chi connectivity index (χ0n) is 70.3. The molecule has 17 nitrogen and oxygen atoms in total. The molecule has 0 amide bonds. The maximum absolute atomic E-state index is 13.2. The SMILES string of the molecule is CCCCCCCCCCCCCCCCCCCCCC(=O)OC[C@H](COP(=O)(O)OC[C@@H](O)COP(=O)(O)OC[C@@H](COC(=O)CCCCCCCCCCCC)OC(=O)CCCCCCCCCCCCCCCCCCC)OC(=O)CCCCCCCCCCCCCCCCCCCCC(C)C. The van der Waals surface area contributed by atoms with Crippen molar-refractivity contribution in [3.8, 4) is 0 Å². The zero-order valence-corrected chi connectivity index (χ0v) is 72.1. The number of phosphoric acid groups is 2. The van der Waals surface area contributed by atoms with E-state index in [-0.39, 0.29) is 25.7 Å². The summed E-state index contributed by atoms with van der Waals surface area (Å²) in [6.07, 6.45) is 75.0. The summed E-state index contributed by atoms with van der Waals surface area (Å²) >= 11 is 0. The van der Waals surface area contributed by atoms with Gasteiger partial charge in [-0.1, -0.05) is 426 Å². The first kappa shape index (κ1) is 105. The first-order valence-electron chi connectivity index (χ1n) is 45.6. The maximum atomic E-state index is 13.2. The van der Waals surface area contributed by atoms with Gasteiger partial charge in [0.25, 0.3) is 0 Å². The number of carbonyl (C=O) groups excluding carboxylic acids is 4. The minimum absolute atomic E-state index is 0.109. The Morgan fingerprint density at radius 3 is 0.636 bits per heavy atom. The molecule has 636 valence electrons. The molecule has 0 saturated carbocycles. The van der Waals surface area contributed by atoms with Gasteiger partial charge in [-0.2, -0.15) is 0 Å². The Morgan fingerprint density at radius 2 is 0.430 bits per heavy atom. The number of aliphatic hydroxyl groups excluding tert-OH is 1. The molecule has 0 radical (unpaired) electrons. The van der Waals surface area contributed by atoms with E-state index in [0.29, 0.717) is 25.7 Å². The fourth-order valence-electron chi connectivity index (χ4n) is 13.8. The molecule has 0 aromatic heterocycles. The van der Waals surface area contributed by atoms with Gasteiger partial charge in [0.2, 0.25) is 0 Å². The Morgan fingerprint density at radius 1 is 0.252 bits per heavy atom. The number of hydrogen-bond donors (Lipinski definition) is 3. The highest BCUT2D eigenvalue weighted by Gasteiger charge is 2.30. The Balaban J connectivity index is 5.22. The van der Waals surface area contributed by atoms with Crippen molar-refractivity contribution in [2.75, 3.05) is 39.6 Å². The van der Waals surface area contributed by atoms with E-state index >= 15 is 0 Å². The summed E-state index contributed by atoms with van der Waals surface area (Å²) in [7, 11) is -9.93. The molecule has 0 aliphatic heterocycles. The van der Waals surface area contributed by atoms with E-state index in [4.69, 9.17) is 37.0 Å². The summed E-state index contributed by atoms with van der Waals surface area (Å²) < 4.78 is 68.9. The van der Waals surface area contributed by atoms with Crippen LogP contribution in [-0.4, -0.2) is 96.7 Å². The van der Waals surface area contributed by atoms with Gasteiger partial charge in [-0.15, -0.1) is 0 Å². The van der Waals surface area contributed by atoms with Gasteiger partial charge < -0.3 is 33.8 Å². The Labute approximate surface area is 658 Å². The van der Waals surface area contributed by atoms with Gasteiger partial charge in [0.15, 0.2) is 12.2 Å². The van der Waals surface area contributed by atoms with E-state index in [1.807, 2.05) is 0 Å². The maximum Gasteiger partial charge on any atom is 0.472 e. The van der Waals surface area contributed by atoms with Crippen LogP contribution in [0.2, 0.25) is 0 Å². The van der Waals surface area contributed by atoms with E-state index in [1.165, 1.54) is 302 Å². The lowest BCUT2D eigenvalue weighted by Gasteiger charge is -2.21. The first-order chi connectivity index (χ1) is 52.0. The van der Waals surface area contributed by atoms with E-state index < -0.39 is 97.5 Å². The molecule has 0 aliphatic rings. The number of ether oxygens (including phenoxy) is 4. The van der Waals surface area contributed by atoms with Crippen LogP contribution in [0.5, 0.6) is 0 Å². The topological polar surface area (TPSA) is 237 Å². The Bertz CT molecular complexity index is 2030. The van der Waals surface area contributed by atoms with Crippen LogP contribution >= 0.6 is 15.6 Å². The number of rotatable bonds is 88. The smallest absolute Gasteiger partial charge is 0.462 e. The van der Waals surface area contributed by atoms with Crippen molar-refractivity contribution < 1.29 is 80.2 Å². The van der Waals surface area contributed by atoms with Crippen LogP contribution in [-0.2, 0) is 65.4 Å². The molecule has 0 aromatic carbocycles. The van der Waals surface area contributed by atoms with Crippen molar-refractivity contribution in [1.29, 1.82) is 0 Å². The predicted octanol–water partition coefficient (Wildman–Crippen LogP) is 27.2. The fraction of sp³-hybridized carbons (Fsp3) is 0.955. The number of phosphoric ester groups is 2. The summed E-state index contributed by atoms with van der Waals surface area (Å²) in [5.41, 5.74) is 0. The largest absolute Gasteiger partial charge is 0.472 e. The van der Waals surface area contributed by atoms with Crippen LogP contribution in [0.15, 0.2) is 0 Å². The molecule has 0 bridgehead atoms. The summed E-state index contributed by atoms with van der Waals surface area (Å²) in [5.74, 6) is -1.28. The average molecular weight is 1560 g/mol. The zero-order chi connectivity index (χ0) is 78.3. The first-order valence-corrected chi connectivity index (χ1v) is 48.6. The molecule has 3 N–H and O–H groups in total. The van der Waals surface area contributed by atoms with Crippen LogP contribution in [0.25, 0.3) is 0 Å². The van der Waals surface area contributed by atoms with Crippen LogP contribution in [0.3, 0.4) is 0 Å². The fourth-order valence-corrected chi connectivity index (χ4v) is 15.4. The van der Waals surface area contributed by atoms with Crippen molar-refractivity contribution in [2.24, 2.45) is 5.92 Å². The molecule has 0 fully saturated rings. The van der Waals surface area contributed by atoms with Crippen LogP contribution < -0.4 is 0 Å². The lowest BCUT2D eigenvalue weighted by atomic mass is 10.0. The summed E-state index contributed by atoms with van der Waals surface area (Å²) in [6, 6.07) is 0. The molecule has 0 aliphatic carbocycles. The van der Waals surface area contributed by atoms with Gasteiger partial charge in [-0.05, 0) is 31.6 Å². The predicted molar refractivity (Wildman–Crippen MR) is 442 cm³/mol. The van der Waals surface area contributed by atoms with Gasteiger partial charge in [0.1, 0.15) is 19.3 Å². The molecule has 0 aromatic rings. The van der Waals surface area contributed by atoms with Crippen molar-refractivity contribution in [3.63, 3.8) is 0 Å². The monoisotopic (exact) mass is 1560 g/mol. The Kier molecular flexibility index (Phi) is 79.2. The van der Waals surface area contributed by atoms with Gasteiger partial charge in [0.05, 0.1) is 26.4 Å².